The van der Waals surface area contributed by atoms with Crippen molar-refractivity contribution in [3.63, 3.8) is 0 Å². The van der Waals surface area contributed by atoms with Crippen LogP contribution in [-0.2, 0) is 9.53 Å². The van der Waals surface area contributed by atoms with E-state index in [1.165, 1.54) is 35.6 Å². The number of aryl methyl sites for hydroxylation is 1. The molecule has 1 N–H and O–H groups in total. The van der Waals surface area contributed by atoms with E-state index in [0.717, 1.165) is 4.88 Å². The Morgan fingerprint density at radius 1 is 1.17 bits per heavy atom. The van der Waals surface area contributed by atoms with E-state index in [-0.39, 0.29) is 24.4 Å². The van der Waals surface area contributed by atoms with Crippen LogP contribution in [0.1, 0.15) is 31.3 Å². The summed E-state index contributed by atoms with van der Waals surface area (Å²) in [6, 6.07) is 11.3. The van der Waals surface area contributed by atoms with E-state index in [0.29, 0.717) is 10.6 Å². The Bertz CT molecular complexity index is 803. The molecule has 1 aromatic carbocycles. The second-order valence-electron chi connectivity index (χ2n) is 4.87. The molecule has 2 rings (SSSR count). The number of thiophene rings is 1. The van der Waals surface area contributed by atoms with Gasteiger partial charge >= 0.3 is 5.97 Å². The molecule has 1 amide bonds. The quantitative estimate of drug-likeness (QED) is 0.643. The van der Waals surface area contributed by atoms with Crippen molar-refractivity contribution < 1.29 is 19.1 Å². The van der Waals surface area contributed by atoms with E-state index in [2.05, 4.69) is 5.32 Å². The van der Waals surface area contributed by atoms with Gasteiger partial charge in [0.25, 0.3) is 0 Å². The molecule has 0 bridgehead atoms. The van der Waals surface area contributed by atoms with Crippen LogP contribution in [0, 0.1) is 18.3 Å². The molecule has 0 saturated carbocycles. The molecule has 0 atom stereocenters. The Kier molecular flexibility index (Phi) is 5.82. The Balaban J connectivity index is 1.89. The molecule has 7 heteroatoms. The number of ketones is 1. The molecule has 0 aliphatic heterocycles. The molecule has 0 fully saturated rings. The molecule has 24 heavy (non-hydrogen) atoms. The molecule has 0 aliphatic rings. The molecular formula is C17H14N2O4S. The van der Waals surface area contributed by atoms with Crippen LogP contribution in [-0.4, -0.2) is 24.3 Å². The van der Waals surface area contributed by atoms with E-state index < -0.39 is 11.9 Å². The minimum absolute atomic E-state index is 0.242. The number of carbonyl (C=O) groups is 3. The topological polar surface area (TPSA) is 96.3 Å². The first-order chi connectivity index (χ1) is 11.5. The molecule has 1 aromatic heterocycles. The molecule has 0 spiro atoms. The highest BCUT2D eigenvalue weighted by Crippen LogP contribution is 2.16. The lowest BCUT2D eigenvalue weighted by atomic mass is 10.2. The van der Waals surface area contributed by atoms with E-state index in [4.69, 9.17) is 10.00 Å². The lowest BCUT2D eigenvalue weighted by molar-refractivity contribution is -0.115. The van der Waals surface area contributed by atoms with Gasteiger partial charge in [0.2, 0.25) is 11.7 Å². The molecule has 122 valence electrons. The smallest absolute Gasteiger partial charge is 0.338 e. The van der Waals surface area contributed by atoms with Crippen molar-refractivity contribution in [1.82, 2.24) is 0 Å². The lowest BCUT2D eigenvalue weighted by Crippen LogP contribution is -2.14. The Labute approximate surface area is 142 Å². The van der Waals surface area contributed by atoms with Gasteiger partial charge in [0.1, 0.15) is 6.42 Å². The molecule has 0 aliphatic carbocycles. The number of esters is 1. The highest BCUT2D eigenvalue weighted by atomic mass is 32.1. The fourth-order valence-electron chi connectivity index (χ4n) is 1.84. The van der Waals surface area contributed by atoms with Crippen molar-refractivity contribution in [1.29, 1.82) is 5.26 Å². The number of amides is 1. The number of hydrogen-bond donors (Lipinski definition) is 1. The van der Waals surface area contributed by atoms with Gasteiger partial charge in [-0.15, -0.1) is 11.3 Å². The fourth-order valence-corrected chi connectivity index (χ4v) is 2.63. The van der Waals surface area contributed by atoms with Crippen molar-refractivity contribution in [2.24, 2.45) is 0 Å². The monoisotopic (exact) mass is 342 g/mol. The van der Waals surface area contributed by atoms with E-state index in [9.17, 15) is 14.4 Å². The third-order valence-corrected chi connectivity index (χ3v) is 4.04. The van der Waals surface area contributed by atoms with Crippen LogP contribution in [0.4, 0.5) is 5.69 Å². The van der Waals surface area contributed by atoms with Gasteiger partial charge in [-0.25, -0.2) is 4.79 Å². The molecule has 1 heterocycles. The maximum Gasteiger partial charge on any atom is 0.338 e. The van der Waals surface area contributed by atoms with Crippen molar-refractivity contribution in [3.8, 4) is 6.07 Å². The average Bonchev–Trinajstić information content (AvgIpc) is 3.00. The number of benzene rings is 1. The largest absolute Gasteiger partial charge is 0.454 e. The second kappa shape index (κ2) is 8.04. The van der Waals surface area contributed by atoms with E-state index >= 15 is 0 Å². The van der Waals surface area contributed by atoms with Gasteiger partial charge in [0.15, 0.2) is 6.61 Å². The van der Waals surface area contributed by atoms with Gasteiger partial charge in [0.05, 0.1) is 16.5 Å². The Morgan fingerprint density at radius 3 is 2.46 bits per heavy atom. The van der Waals surface area contributed by atoms with Crippen LogP contribution in [0.5, 0.6) is 0 Å². The minimum atomic E-state index is -0.619. The zero-order valence-corrected chi connectivity index (χ0v) is 13.7. The lowest BCUT2D eigenvalue weighted by Gasteiger charge is -2.05. The number of anilines is 1. The van der Waals surface area contributed by atoms with Crippen LogP contribution >= 0.6 is 11.3 Å². The van der Waals surface area contributed by atoms with Crippen molar-refractivity contribution in [2.75, 3.05) is 11.9 Å². The maximum absolute atomic E-state index is 11.9. The number of rotatable bonds is 6. The van der Waals surface area contributed by atoms with Crippen LogP contribution in [0.25, 0.3) is 0 Å². The maximum atomic E-state index is 11.9. The van der Waals surface area contributed by atoms with Crippen LogP contribution in [0.3, 0.4) is 0 Å². The normalized spacial score (nSPS) is 9.83. The summed E-state index contributed by atoms with van der Waals surface area (Å²) < 4.78 is 5.00. The number of nitriles is 1. The van der Waals surface area contributed by atoms with Crippen molar-refractivity contribution in [3.05, 3.63) is 51.7 Å². The highest BCUT2D eigenvalue weighted by molar-refractivity contribution is 7.14. The summed E-state index contributed by atoms with van der Waals surface area (Å²) in [4.78, 5) is 36.7. The summed E-state index contributed by atoms with van der Waals surface area (Å²) >= 11 is 1.35. The number of carbonyl (C=O) groups excluding carboxylic acids is 3. The summed E-state index contributed by atoms with van der Waals surface area (Å²) in [5.41, 5.74) is 0.736. The fraction of sp³-hybridized carbons (Fsp3) is 0.176. The molecular weight excluding hydrogens is 328 g/mol. The van der Waals surface area contributed by atoms with Gasteiger partial charge in [-0.3, -0.25) is 9.59 Å². The average molecular weight is 342 g/mol. The number of hydrogen-bond acceptors (Lipinski definition) is 6. The standard InChI is InChI=1S/C17H14N2O4S/c1-11-2-7-15(24-11)14(20)10-23-17(22)12-3-5-13(6-4-12)19-16(21)8-9-18/h2-7H,8,10H2,1H3,(H,19,21). The van der Waals surface area contributed by atoms with Crippen LogP contribution < -0.4 is 5.32 Å². The number of nitrogens with zero attached hydrogens (tertiary/aromatic N) is 1. The molecule has 0 unspecified atom stereocenters. The van der Waals surface area contributed by atoms with E-state index in [1.807, 2.05) is 13.0 Å². The molecule has 6 nitrogen and oxygen atoms in total. The van der Waals surface area contributed by atoms with Gasteiger partial charge in [-0.2, -0.15) is 5.26 Å². The Hall–Kier alpha value is -2.98. The summed E-state index contributed by atoms with van der Waals surface area (Å²) in [6.45, 7) is 1.57. The van der Waals surface area contributed by atoms with Gasteiger partial charge in [0, 0.05) is 10.6 Å². The SMILES string of the molecule is Cc1ccc(C(=O)COC(=O)c2ccc(NC(=O)CC#N)cc2)s1. The van der Waals surface area contributed by atoms with Gasteiger partial charge in [-0.05, 0) is 43.3 Å². The van der Waals surface area contributed by atoms with Gasteiger partial charge in [-0.1, -0.05) is 0 Å². The summed E-state index contributed by atoms with van der Waals surface area (Å²) in [7, 11) is 0. The first-order valence-electron chi connectivity index (χ1n) is 7.03. The predicted octanol–water partition coefficient (Wildman–Crippen LogP) is 2.95. The second-order valence-corrected chi connectivity index (χ2v) is 6.16. The first-order valence-corrected chi connectivity index (χ1v) is 7.85. The van der Waals surface area contributed by atoms with Crippen molar-refractivity contribution >= 4 is 34.7 Å². The molecule has 0 saturated heterocycles. The number of Topliss-reactive ketones (excluding diaryl/α,β-unsaturated/α-hetero) is 1. The summed E-state index contributed by atoms with van der Waals surface area (Å²) in [6.07, 6.45) is -0.242. The predicted molar refractivity (Wildman–Crippen MR) is 89.0 cm³/mol. The van der Waals surface area contributed by atoms with Gasteiger partial charge < -0.3 is 10.1 Å². The third-order valence-electron chi connectivity index (χ3n) is 2.99. The number of nitrogens with one attached hydrogen (secondary N) is 1. The third kappa shape index (κ3) is 4.76. The number of ether oxygens (including phenoxy) is 1. The highest BCUT2D eigenvalue weighted by Gasteiger charge is 2.13. The first kappa shape index (κ1) is 17.4. The Morgan fingerprint density at radius 2 is 1.88 bits per heavy atom. The minimum Gasteiger partial charge on any atom is -0.454 e. The van der Waals surface area contributed by atoms with E-state index in [1.54, 1.807) is 12.1 Å². The summed E-state index contributed by atoms with van der Waals surface area (Å²) in [5.74, 6) is -1.29. The zero-order valence-electron chi connectivity index (χ0n) is 12.9. The van der Waals surface area contributed by atoms with Crippen molar-refractivity contribution in [2.45, 2.75) is 13.3 Å². The zero-order chi connectivity index (χ0) is 17.5. The summed E-state index contributed by atoms with van der Waals surface area (Å²) in [5, 5.41) is 10.9. The molecule has 2 aromatic rings. The molecule has 0 radical (unpaired) electrons. The van der Waals surface area contributed by atoms with Crippen LogP contribution in [0.2, 0.25) is 0 Å². The van der Waals surface area contributed by atoms with Crippen LogP contribution in [0.15, 0.2) is 36.4 Å².